The molecule has 0 unspecified atom stereocenters. The van der Waals surface area contributed by atoms with Gasteiger partial charge >= 0.3 is 0 Å². The van der Waals surface area contributed by atoms with Crippen LogP contribution in [0.5, 0.6) is 5.75 Å². The Morgan fingerprint density at radius 3 is 2.35 bits per heavy atom. The molecular weight excluding hydrogens is 230 g/mol. The van der Waals surface area contributed by atoms with Crippen molar-refractivity contribution in [3.63, 3.8) is 0 Å². The maximum Gasteiger partial charge on any atom is 0.118 e. The second-order valence-electron chi connectivity index (χ2n) is 3.41. The van der Waals surface area contributed by atoms with Gasteiger partial charge in [-0.15, -0.1) is 0 Å². The lowest BCUT2D eigenvalue weighted by molar-refractivity contribution is 0.414. The van der Waals surface area contributed by atoms with Crippen molar-refractivity contribution in [2.75, 3.05) is 7.11 Å². The van der Waals surface area contributed by atoms with E-state index in [1.165, 1.54) is 11.9 Å². The zero-order valence-corrected chi connectivity index (χ0v) is 10.4. The molecule has 0 radical (unpaired) electrons. The highest BCUT2D eigenvalue weighted by atomic mass is 32.2. The maximum absolute atomic E-state index is 5.10. The van der Waals surface area contributed by atoms with Crippen molar-refractivity contribution >= 4 is 18.2 Å². The van der Waals surface area contributed by atoms with E-state index >= 15 is 0 Å². The van der Waals surface area contributed by atoms with E-state index in [4.69, 9.17) is 4.74 Å². The Morgan fingerprint density at radius 2 is 1.71 bits per heavy atom. The summed E-state index contributed by atoms with van der Waals surface area (Å²) in [4.78, 5) is 1.10. The molecule has 0 saturated heterocycles. The SMILES string of the molecule is COc1ccc(S/N=C/c2ccccc2)cc1. The fourth-order valence-electron chi connectivity index (χ4n) is 1.32. The van der Waals surface area contributed by atoms with Crippen molar-refractivity contribution in [2.24, 2.45) is 4.40 Å². The number of methoxy groups -OCH3 is 1. The molecule has 0 spiro atoms. The summed E-state index contributed by atoms with van der Waals surface area (Å²) in [7, 11) is 1.66. The first-order valence-electron chi connectivity index (χ1n) is 5.28. The van der Waals surface area contributed by atoms with Crippen LogP contribution in [0.3, 0.4) is 0 Å². The van der Waals surface area contributed by atoms with Gasteiger partial charge in [0, 0.05) is 23.1 Å². The predicted octanol–water partition coefficient (Wildman–Crippen LogP) is 3.82. The molecule has 0 aliphatic heterocycles. The zero-order chi connectivity index (χ0) is 11.9. The maximum atomic E-state index is 5.10. The third kappa shape index (κ3) is 3.64. The molecule has 2 aromatic carbocycles. The Morgan fingerprint density at radius 1 is 1.00 bits per heavy atom. The summed E-state index contributed by atoms with van der Waals surface area (Å²) in [5.41, 5.74) is 1.11. The Hall–Kier alpha value is -1.74. The number of ether oxygens (including phenoxy) is 1. The van der Waals surface area contributed by atoms with Crippen LogP contribution < -0.4 is 4.74 Å². The number of hydrogen-bond acceptors (Lipinski definition) is 3. The first kappa shape index (κ1) is 11.7. The minimum atomic E-state index is 0.862. The summed E-state index contributed by atoms with van der Waals surface area (Å²) in [5, 5.41) is 0. The van der Waals surface area contributed by atoms with E-state index in [0.717, 1.165) is 16.2 Å². The van der Waals surface area contributed by atoms with Crippen LogP contribution in [0.25, 0.3) is 0 Å². The van der Waals surface area contributed by atoms with Crippen molar-refractivity contribution in [2.45, 2.75) is 4.90 Å². The number of rotatable bonds is 4. The molecule has 86 valence electrons. The van der Waals surface area contributed by atoms with E-state index in [0.29, 0.717) is 0 Å². The van der Waals surface area contributed by atoms with Gasteiger partial charge in [0.1, 0.15) is 5.75 Å². The molecule has 17 heavy (non-hydrogen) atoms. The minimum absolute atomic E-state index is 0.862. The van der Waals surface area contributed by atoms with Crippen molar-refractivity contribution in [1.29, 1.82) is 0 Å². The standard InChI is InChI=1S/C14H13NOS/c1-16-13-7-9-14(10-8-13)17-15-11-12-5-3-2-4-6-12/h2-11H,1H3/b15-11+. The van der Waals surface area contributed by atoms with Gasteiger partial charge in [0.2, 0.25) is 0 Å². The average Bonchev–Trinajstić information content (AvgIpc) is 2.41. The largest absolute Gasteiger partial charge is 0.497 e. The Bertz CT molecular complexity index is 479. The minimum Gasteiger partial charge on any atom is -0.497 e. The Labute approximate surface area is 105 Å². The first-order chi connectivity index (χ1) is 8.38. The first-order valence-corrected chi connectivity index (χ1v) is 6.05. The molecule has 0 amide bonds. The lowest BCUT2D eigenvalue weighted by Crippen LogP contribution is -1.81. The second-order valence-corrected chi connectivity index (χ2v) is 4.28. The normalized spacial score (nSPS) is 10.6. The van der Waals surface area contributed by atoms with Crippen LogP contribution >= 0.6 is 11.9 Å². The van der Waals surface area contributed by atoms with Crippen LogP contribution in [0.2, 0.25) is 0 Å². The van der Waals surface area contributed by atoms with Crippen LogP contribution in [-0.2, 0) is 0 Å². The lowest BCUT2D eigenvalue weighted by atomic mass is 10.2. The molecule has 2 aromatic rings. The molecule has 0 N–H and O–H groups in total. The van der Waals surface area contributed by atoms with Crippen molar-refractivity contribution in [3.05, 3.63) is 60.2 Å². The van der Waals surface area contributed by atoms with Crippen LogP contribution in [0.15, 0.2) is 63.9 Å². The topological polar surface area (TPSA) is 21.6 Å². The van der Waals surface area contributed by atoms with Gasteiger partial charge < -0.3 is 4.74 Å². The van der Waals surface area contributed by atoms with Crippen molar-refractivity contribution in [1.82, 2.24) is 0 Å². The zero-order valence-electron chi connectivity index (χ0n) is 9.54. The van der Waals surface area contributed by atoms with E-state index in [1.54, 1.807) is 7.11 Å². The molecule has 0 bridgehead atoms. The summed E-state index contributed by atoms with van der Waals surface area (Å²) in [6, 6.07) is 17.9. The Kier molecular flexibility index (Phi) is 4.22. The predicted molar refractivity (Wildman–Crippen MR) is 72.9 cm³/mol. The number of nitrogens with zero attached hydrogens (tertiary/aromatic N) is 1. The monoisotopic (exact) mass is 243 g/mol. The molecule has 2 rings (SSSR count). The van der Waals surface area contributed by atoms with Gasteiger partial charge in [-0.05, 0) is 29.8 Å². The summed E-state index contributed by atoms with van der Waals surface area (Å²) in [6.45, 7) is 0. The molecule has 0 aromatic heterocycles. The summed E-state index contributed by atoms with van der Waals surface area (Å²) in [6.07, 6.45) is 1.86. The molecule has 0 atom stereocenters. The molecular formula is C14H13NOS. The average molecular weight is 243 g/mol. The third-order valence-electron chi connectivity index (χ3n) is 2.22. The van der Waals surface area contributed by atoms with Gasteiger partial charge in [-0.3, -0.25) is 0 Å². The van der Waals surface area contributed by atoms with E-state index < -0.39 is 0 Å². The van der Waals surface area contributed by atoms with Gasteiger partial charge in [0.15, 0.2) is 0 Å². The molecule has 0 aliphatic rings. The fourth-order valence-corrected chi connectivity index (χ4v) is 1.88. The third-order valence-corrected chi connectivity index (χ3v) is 2.91. The lowest BCUT2D eigenvalue weighted by Gasteiger charge is -1.99. The van der Waals surface area contributed by atoms with E-state index in [9.17, 15) is 0 Å². The van der Waals surface area contributed by atoms with Crippen LogP contribution in [-0.4, -0.2) is 13.3 Å². The molecule has 3 heteroatoms. The Balaban J connectivity index is 1.95. The van der Waals surface area contributed by atoms with Crippen molar-refractivity contribution in [3.8, 4) is 5.75 Å². The fraction of sp³-hybridized carbons (Fsp3) is 0.0714. The summed E-state index contributed by atoms with van der Waals surface area (Å²) >= 11 is 1.45. The smallest absolute Gasteiger partial charge is 0.118 e. The second kappa shape index (κ2) is 6.11. The van der Waals surface area contributed by atoms with Gasteiger partial charge in [-0.25, -0.2) is 4.40 Å². The quantitative estimate of drug-likeness (QED) is 0.601. The molecule has 0 fully saturated rings. The highest BCUT2D eigenvalue weighted by Gasteiger charge is 1.93. The highest BCUT2D eigenvalue weighted by molar-refractivity contribution is 7.98. The van der Waals surface area contributed by atoms with Crippen LogP contribution in [0.4, 0.5) is 0 Å². The summed E-state index contributed by atoms with van der Waals surface area (Å²) < 4.78 is 9.41. The van der Waals surface area contributed by atoms with Crippen LogP contribution in [0, 0.1) is 0 Å². The molecule has 0 saturated carbocycles. The van der Waals surface area contributed by atoms with Crippen molar-refractivity contribution < 1.29 is 4.74 Å². The number of benzene rings is 2. The van der Waals surface area contributed by atoms with Gasteiger partial charge in [-0.2, -0.15) is 0 Å². The number of hydrogen-bond donors (Lipinski definition) is 0. The van der Waals surface area contributed by atoms with Gasteiger partial charge in [0.25, 0.3) is 0 Å². The molecule has 0 aliphatic carbocycles. The van der Waals surface area contributed by atoms with E-state index in [-0.39, 0.29) is 0 Å². The van der Waals surface area contributed by atoms with Crippen LogP contribution in [0.1, 0.15) is 5.56 Å². The molecule has 2 nitrogen and oxygen atoms in total. The highest BCUT2D eigenvalue weighted by Crippen LogP contribution is 2.21. The van der Waals surface area contributed by atoms with Gasteiger partial charge in [0.05, 0.1) is 7.11 Å². The molecule has 0 heterocycles. The van der Waals surface area contributed by atoms with E-state index in [2.05, 4.69) is 4.40 Å². The van der Waals surface area contributed by atoms with E-state index in [1.807, 2.05) is 60.8 Å². The summed E-state index contributed by atoms with van der Waals surface area (Å²) in [5.74, 6) is 0.862. The van der Waals surface area contributed by atoms with Gasteiger partial charge in [-0.1, -0.05) is 30.3 Å².